The van der Waals surface area contributed by atoms with Crippen LogP contribution >= 0.6 is 0 Å². The van der Waals surface area contributed by atoms with Crippen LogP contribution in [-0.2, 0) is 6.42 Å². The van der Waals surface area contributed by atoms with Crippen LogP contribution in [0.25, 0.3) is 6.08 Å². The van der Waals surface area contributed by atoms with E-state index < -0.39 is 0 Å². The highest BCUT2D eigenvalue weighted by molar-refractivity contribution is 5.38. The first-order chi connectivity index (χ1) is 6.63. The fraction of sp³-hybridized carbons (Fsp3) is 0.583. The molecule has 1 rings (SSSR count). The summed E-state index contributed by atoms with van der Waals surface area (Å²) in [5.74, 6) is 2.37. The van der Waals surface area contributed by atoms with E-state index in [2.05, 4.69) is 31.8 Å². The fourth-order valence-electron chi connectivity index (χ4n) is 1.29. The smallest absolute Gasteiger partial charge is 0.218 e. The van der Waals surface area contributed by atoms with Crippen molar-refractivity contribution in [3.63, 3.8) is 0 Å². The summed E-state index contributed by atoms with van der Waals surface area (Å²) >= 11 is 0. The molecule has 2 nitrogen and oxygen atoms in total. The van der Waals surface area contributed by atoms with E-state index in [0.717, 1.165) is 30.2 Å². The van der Waals surface area contributed by atoms with Gasteiger partial charge in [-0.2, -0.15) is 0 Å². The molecule has 78 valence electrons. The lowest BCUT2D eigenvalue weighted by atomic mass is 10.1. The molecule has 0 aromatic carbocycles. The molecule has 0 amide bonds. The second-order valence-electron chi connectivity index (χ2n) is 3.94. The Labute approximate surface area is 86.0 Å². The average molecular weight is 193 g/mol. The van der Waals surface area contributed by atoms with Gasteiger partial charge in [0.1, 0.15) is 5.76 Å². The maximum atomic E-state index is 5.49. The zero-order valence-electron chi connectivity index (χ0n) is 9.50. The zero-order valence-corrected chi connectivity index (χ0v) is 9.50. The predicted molar refractivity (Wildman–Crippen MR) is 59.1 cm³/mol. The van der Waals surface area contributed by atoms with Gasteiger partial charge in [0.05, 0.1) is 5.69 Å². The third-order valence-electron chi connectivity index (χ3n) is 2.11. The van der Waals surface area contributed by atoms with E-state index in [0.29, 0.717) is 5.92 Å². The summed E-state index contributed by atoms with van der Waals surface area (Å²) in [6.07, 6.45) is 6.10. The Balaban J connectivity index is 2.63. The molecule has 0 aliphatic rings. The first-order valence-electron chi connectivity index (χ1n) is 5.26. The maximum Gasteiger partial charge on any atom is 0.218 e. The number of allylic oxidation sites excluding steroid dienone is 1. The lowest BCUT2D eigenvalue weighted by Gasteiger charge is -1.94. The molecule has 0 aliphatic carbocycles. The van der Waals surface area contributed by atoms with E-state index in [1.54, 1.807) is 0 Å². The van der Waals surface area contributed by atoms with Gasteiger partial charge in [-0.15, -0.1) is 0 Å². The molecule has 0 radical (unpaired) electrons. The highest BCUT2D eigenvalue weighted by atomic mass is 16.4. The molecule has 0 spiro atoms. The molecule has 0 bridgehead atoms. The van der Waals surface area contributed by atoms with E-state index >= 15 is 0 Å². The van der Waals surface area contributed by atoms with Crippen LogP contribution in [0.1, 0.15) is 44.5 Å². The van der Waals surface area contributed by atoms with Crippen molar-refractivity contribution in [3.8, 4) is 0 Å². The van der Waals surface area contributed by atoms with Gasteiger partial charge in [0, 0.05) is 0 Å². The van der Waals surface area contributed by atoms with Gasteiger partial charge in [-0.3, -0.25) is 0 Å². The highest BCUT2D eigenvalue weighted by Gasteiger charge is 2.04. The standard InChI is InChI=1S/C12H19NO/c1-5-11-10(4)14-12(13-11)8-6-7-9(2)3/h6,8-9H,5,7H2,1-4H3/b8-6+. The summed E-state index contributed by atoms with van der Waals surface area (Å²) in [6, 6.07) is 0. The van der Waals surface area contributed by atoms with Crippen LogP contribution in [0.3, 0.4) is 0 Å². The molecule has 14 heavy (non-hydrogen) atoms. The number of aromatic nitrogens is 1. The summed E-state index contributed by atoms with van der Waals surface area (Å²) in [5, 5.41) is 0. The maximum absolute atomic E-state index is 5.49. The van der Waals surface area contributed by atoms with Gasteiger partial charge in [-0.05, 0) is 31.8 Å². The molecule has 1 heterocycles. The molecule has 0 aliphatic heterocycles. The molecule has 1 aromatic rings. The Morgan fingerprint density at radius 3 is 2.64 bits per heavy atom. The Bertz CT molecular complexity index is 310. The first-order valence-corrected chi connectivity index (χ1v) is 5.26. The van der Waals surface area contributed by atoms with E-state index in [-0.39, 0.29) is 0 Å². The van der Waals surface area contributed by atoms with Gasteiger partial charge >= 0.3 is 0 Å². The van der Waals surface area contributed by atoms with E-state index in [1.807, 2.05) is 13.0 Å². The van der Waals surface area contributed by atoms with Crippen LogP contribution < -0.4 is 0 Å². The molecule has 0 saturated carbocycles. The summed E-state index contributed by atoms with van der Waals surface area (Å²) in [7, 11) is 0. The minimum absolute atomic E-state index is 0.688. The molecule has 2 heteroatoms. The number of hydrogen-bond acceptors (Lipinski definition) is 2. The van der Waals surface area contributed by atoms with Gasteiger partial charge in [0.25, 0.3) is 0 Å². The molecule has 1 aromatic heterocycles. The van der Waals surface area contributed by atoms with E-state index in [9.17, 15) is 0 Å². The lowest BCUT2D eigenvalue weighted by molar-refractivity contribution is 0.514. The molecular weight excluding hydrogens is 174 g/mol. The summed E-state index contributed by atoms with van der Waals surface area (Å²) in [4.78, 5) is 4.37. The number of rotatable bonds is 4. The van der Waals surface area contributed by atoms with Gasteiger partial charge < -0.3 is 4.42 Å². The van der Waals surface area contributed by atoms with Crippen molar-refractivity contribution in [3.05, 3.63) is 23.4 Å². The Morgan fingerprint density at radius 1 is 1.43 bits per heavy atom. The normalized spacial score (nSPS) is 11.8. The van der Waals surface area contributed by atoms with Gasteiger partial charge in [0.2, 0.25) is 5.89 Å². The largest absolute Gasteiger partial charge is 0.442 e. The lowest BCUT2D eigenvalue weighted by Crippen LogP contribution is -1.83. The van der Waals surface area contributed by atoms with Crippen molar-refractivity contribution >= 4 is 6.08 Å². The van der Waals surface area contributed by atoms with Gasteiger partial charge in [0.15, 0.2) is 0 Å². The quantitative estimate of drug-likeness (QED) is 0.730. The molecule has 0 fully saturated rings. The SMILES string of the molecule is CCc1nc(/C=C/CC(C)C)oc1C. The van der Waals surface area contributed by atoms with Crippen LogP contribution in [-0.4, -0.2) is 4.98 Å². The number of nitrogens with zero attached hydrogens (tertiary/aromatic N) is 1. The van der Waals surface area contributed by atoms with Crippen LogP contribution in [0.15, 0.2) is 10.5 Å². The van der Waals surface area contributed by atoms with Crippen LogP contribution in [0.5, 0.6) is 0 Å². The first kappa shape index (κ1) is 11.0. The van der Waals surface area contributed by atoms with Crippen LogP contribution in [0.4, 0.5) is 0 Å². The van der Waals surface area contributed by atoms with Crippen molar-refractivity contribution in [2.75, 3.05) is 0 Å². The predicted octanol–water partition coefficient (Wildman–Crippen LogP) is 3.60. The average Bonchev–Trinajstić information content (AvgIpc) is 2.45. The van der Waals surface area contributed by atoms with Gasteiger partial charge in [-0.25, -0.2) is 4.98 Å². The topological polar surface area (TPSA) is 26.0 Å². The number of oxazole rings is 1. The number of hydrogen-bond donors (Lipinski definition) is 0. The highest BCUT2D eigenvalue weighted by Crippen LogP contribution is 2.12. The Morgan fingerprint density at radius 2 is 2.14 bits per heavy atom. The second-order valence-corrected chi connectivity index (χ2v) is 3.94. The van der Waals surface area contributed by atoms with Crippen molar-refractivity contribution in [1.82, 2.24) is 4.98 Å². The van der Waals surface area contributed by atoms with Crippen LogP contribution in [0, 0.1) is 12.8 Å². The molecule has 0 N–H and O–H groups in total. The fourth-order valence-corrected chi connectivity index (χ4v) is 1.29. The van der Waals surface area contributed by atoms with Crippen molar-refractivity contribution in [1.29, 1.82) is 0 Å². The van der Waals surface area contributed by atoms with Crippen molar-refractivity contribution in [2.24, 2.45) is 5.92 Å². The zero-order chi connectivity index (χ0) is 10.6. The molecule has 0 unspecified atom stereocenters. The molecule has 0 saturated heterocycles. The number of aryl methyl sites for hydroxylation is 2. The van der Waals surface area contributed by atoms with Gasteiger partial charge in [-0.1, -0.05) is 26.8 Å². The van der Waals surface area contributed by atoms with E-state index in [4.69, 9.17) is 4.42 Å². The summed E-state index contributed by atoms with van der Waals surface area (Å²) < 4.78 is 5.49. The summed E-state index contributed by atoms with van der Waals surface area (Å²) in [6.45, 7) is 8.45. The van der Waals surface area contributed by atoms with E-state index in [1.165, 1.54) is 0 Å². The molecular formula is C12H19NO. The minimum Gasteiger partial charge on any atom is -0.442 e. The molecule has 0 atom stereocenters. The second kappa shape index (κ2) is 4.99. The monoisotopic (exact) mass is 193 g/mol. The van der Waals surface area contributed by atoms with Crippen molar-refractivity contribution < 1.29 is 4.42 Å². The van der Waals surface area contributed by atoms with Crippen molar-refractivity contribution in [2.45, 2.75) is 40.5 Å². The Hall–Kier alpha value is -1.05. The Kier molecular flexibility index (Phi) is 3.93. The van der Waals surface area contributed by atoms with Crippen LogP contribution in [0.2, 0.25) is 0 Å². The third-order valence-corrected chi connectivity index (χ3v) is 2.11. The summed E-state index contributed by atoms with van der Waals surface area (Å²) in [5.41, 5.74) is 1.06. The minimum atomic E-state index is 0.688. The third kappa shape index (κ3) is 3.02.